The van der Waals surface area contributed by atoms with Gasteiger partial charge < -0.3 is 20.5 Å². The number of hydrogen-bond acceptors (Lipinski definition) is 6. The van der Waals surface area contributed by atoms with E-state index in [0.717, 1.165) is 11.1 Å². The maximum Gasteiger partial charge on any atom is 0.255 e. The van der Waals surface area contributed by atoms with Crippen molar-refractivity contribution in [3.8, 4) is 11.5 Å². The molecule has 2 heterocycles. The molecule has 0 bridgehead atoms. The number of rotatable bonds is 5. The molecule has 0 spiro atoms. The minimum Gasteiger partial charge on any atom is -0.493 e. The summed E-state index contributed by atoms with van der Waals surface area (Å²) >= 11 is 1.48. The number of amides is 2. The van der Waals surface area contributed by atoms with Gasteiger partial charge in [0.05, 0.1) is 24.3 Å². The quantitative estimate of drug-likeness (QED) is 0.743. The van der Waals surface area contributed by atoms with Crippen LogP contribution in [0.2, 0.25) is 0 Å². The van der Waals surface area contributed by atoms with Crippen LogP contribution in [0.15, 0.2) is 24.4 Å². The first-order valence-corrected chi connectivity index (χ1v) is 8.17. The number of aromatic amines is 1. The van der Waals surface area contributed by atoms with Gasteiger partial charge in [-0.2, -0.15) is 5.10 Å². The van der Waals surface area contributed by atoms with Crippen LogP contribution in [0.5, 0.6) is 11.5 Å². The molecule has 4 N–H and O–H groups in total. The zero-order valence-corrected chi connectivity index (χ0v) is 13.7. The molecular formula is C15H16N4O4S. The van der Waals surface area contributed by atoms with E-state index in [-0.39, 0.29) is 17.8 Å². The Kier molecular flexibility index (Phi) is 4.61. The Morgan fingerprint density at radius 3 is 3.04 bits per heavy atom. The van der Waals surface area contributed by atoms with Crippen molar-refractivity contribution in [2.75, 3.05) is 24.8 Å². The number of benzene rings is 1. The second kappa shape index (κ2) is 6.83. The summed E-state index contributed by atoms with van der Waals surface area (Å²) in [5.41, 5.74) is 6.91. The van der Waals surface area contributed by atoms with Crippen molar-refractivity contribution in [1.82, 2.24) is 10.2 Å². The summed E-state index contributed by atoms with van der Waals surface area (Å²) in [7, 11) is 1.52. The van der Waals surface area contributed by atoms with Gasteiger partial charge in [0.2, 0.25) is 5.91 Å². The van der Waals surface area contributed by atoms with Crippen LogP contribution in [0.25, 0.3) is 0 Å². The Balaban J connectivity index is 1.96. The van der Waals surface area contributed by atoms with Crippen LogP contribution < -0.4 is 20.5 Å². The monoisotopic (exact) mass is 348 g/mol. The van der Waals surface area contributed by atoms with E-state index in [4.69, 9.17) is 15.2 Å². The highest BCUT2D eigenvalue weighted by molar-refractivity contribution is 8.00. The largest absolute Gasteiger partial charge is 0.493 e. The van der Waals surface area contributed by atoms with Gasteiger partial charge >= 0.3 is 0 Å². The molecule has 1 aromatic carbocycles. The number of thioether (sulfide) groups is 1. The van der Waals surface area contributed by atoms with Gasteiger partial charge in [0.1, 0.15) is 5.82 Å². The lowest BCUT2D eigenvalue weighted by molar-refractivity contribution is -0.120. The standard InChI is InChI=1S/C15H16N4O4S/c1-22-10-3-2-8(4-11(10)23-6-12(16)20)14-9-5-17-19-15(9)18-13(21)7-24-14/h2-5,14H,6-7H2,1H3,(H2,16,20)(H2,17,18,19,21). The molecule has 1 aliphatic rings. The molecule has 24 heavy (non-hydrogen) atoms. The van der Waals surface area contributed by atoms with E-state index in [1.807, 2.05) is 6.07 Å². The molecule has 8 nitrogen and oxygen atoms in total. The first-order valence-electron chi connectivity index (χ1n) is 7.12. The van der Waals surface area contributed by atoms with E-state index in [0.29, 0.717) is 23.1 Å². The van der Waals surface area contributed by atoms with Crippen molar-refractivity contribution >= 4 is 29.4 Å². The second-order valence-electron chi connectivity index (χ2n) is 5.10. The van der Waals surface area contributed by atoms with Gasteiger partial charge in [-0.1, -0.05) is 6.07 Å². The number of carbonyl (C=O) groups is 2. The topological polar surface area (TPSA) is 119 Å². The highest BCUT2D eigenvalue weighted by atomic mass is 32.2. The van der Waals surface area contributed by atoms with E-state index in [2.05, 4.69) is 15.5 Å². The molecule has 1 unspecified atom stereocenters. The predicted molar refractivity (Wildman–Crippen MR) is 89.2 cm³/mol. The fraction of sp³-hybridized carbons (Fsp3) is 0.267. The lowest BCUT2D eigenvalue weighted by Crippen LogP contribution is -2.20. The summed E-state index contributed by atoms with van der Waals surface area (Å²) in [6.07, 6.45) is 1.69. The molecule has 0 saturated carbocycles. The van der Waals surface area contributed by atoms with Crippen molar-refractivity contribution in [3.05, 3.63) is 35.5 Å². The molecule has 0 aliphatic carbocycles. The van der Waals surface area contributed by atoms with Gasteiger partial charge in [0.25, 0.3) is 5.91 Å². The Morgan fingerprint density at radius 1 is 1.46 bits per heavy atom. The number of hydrogen-bond donors (Lipinski definition) is 3. The molecule has 9 heteroatoms. The Bertz CT molecular complexity index is 777. The SMILES string of the molecule is COc1ccc(C2SCC(=O)Nc3[nH]ncc32)cc1OCC(N)=O. The average molecular weight is 348 g/mol. The molecular weight excluding hydrogens is 332 g/mol. The van der Waals surface area contributed by atoms with Crippen LogP contribution >= 0.6 is 11.8 Å². The van der Waals surface area contributed by atoms with E-state index >= 15 is 0 Å². The van der Waals surface area contributed by atoms with Gasteiger partial charge in [0, 0.05) is 5.56 Å². The number of nitrogens with one attached hydrogen (secondary N) is 2. The van der Waals surface area contributed by atoms with E-state index in [9.17, 15) is 9.59 Å². The number of aromatic nitrogens is 2. The zero-order chi connectivity index (χ0) is 17.1. The average Bonchev–Trinajstić information content (AvgIpc) is 2.94. The Morgan fingerprint density at radius 2 is 2.29 bits per heavy atom. The molecule has 2 aromatic rings. The summed E-state index contributed by atoms with van der Waals surface area (Å²) in [4.78, 5) is 22.8. The summed E-state index contributed by atoms with van der Waals surface area (Å²) in [5.74, 6) is 1.16. The van der Waals surface area contributed by atoms with Crippen molar-refractivity contribution in [1.29, 1.82) is 0 Å². The number of anilines is 1. The molecule has 1 aliphatic heterocycles. The lowest BCUT2D eigenvalue weighted by Gasteiger charge is -2.17. The van der Waals surface area contributed by atoms with Crippen LogP contribution in [0, 0.1) is 0 Å². The molecule has 2 amide bonds. The van der Waals surface area contributed by atoms with Crippen LogP contribution in [0.3, 0.4) is 0 Å². The predicted octanol–water partition coefficient (Wildman–Crippen LogP) is 1.06. The number of carbonyl (C=O) groups excluding carboxylic acids is 2. The summed E-state index contributed by atoms with van der Waals surface area (Å²) < 4.78 is 10.7. The van der Waals surface area contributed by atoms with Crippen molar-refractivity contribution in [2.45, 2.75) is 5.25 Å². The summed E-state index contributed by atoms with van der Waals surface area (Å²) in [6.45, 7) is -0.241. The molecule has 0 saturated heterocycles. The Labute approximate surface area is 142 Å². The van der Waals surface area contributed by atoms with E-state index in [1.54, 1.807) is 18.3 Å². The van der Waals surface area contributed by atoms with Crippen LogP contribution in [0.1, 0.15) is 16.4 Å². The first kappa shape index (κ1) is 16.2. The van der Waals surface area contributed by atoms with Gasteiger partial charge in [0.15, 0.2) is 18.1 Å². The number of H-pyrrole nitrogens is 1. The number of ether oxygens (including phenoxy) is 2. The van der Waals surface area contributed by atoms with Crippen LogP contribution in [-0.2, 0) is 9.59 Å². The number of fused-ring (bicyclic) bond motifs is 1. The van der Waals surface area contributed by atoms with E-state index in [1.165, 1.54) is 18.9 Å². The van der Waals surface area contributed by atoms with E-state index < -0.39 is 5.91 Å². The summed E-state index contributed by atoms with van der Waals surface area (Å²) in [6, 6.07) is 5.43. The number of nitrogens with zero attached hydrogens (tertiary/aromatic N) is 1. The molecule has 0 fully saturated rings. The molecule has 0 radical (unpaired) electrons. The third kappa shape index (κ3) is 3.30. The maximum atomic E-state index is 11.8. The van der Waals surface area contributed by atoms with Crippen LogP contribution in [0.4, 0.5) is 5.82 Å². The first-order chi connectivity index (χ1) is 11.6. The molecule has 1 atom stereocenters. The number of methoxy groups -OCH3 is 1. The zero-order valence-electron chi connectivity index (χ0n) is 12.9. The lowest BCUT2D eigenvalue weighted by atomic mass is 10.1. The highest BCUT2D eigenvalue weighted by Crippen LogP contribution is 2.42. The summed E-state index contributed by atoms with van der Waals surface area (Å²) in [5, 5.41) is 9.47. The third-order valence-electron chi connectivity index (χ3n) is 3.46. The van der Waals surface area contributed by atoms with Crippen molar-refractivity contribution in [2.24, 2.45) is 5.73 Å². The fourth-order valence-electron chi connectivity index (χ4n) is 2.41. The smallest absolute Gasteiger partial charge is 0.255 e. The fourth-order valence-corrected chi connectivity index (χ4v) is 3.50. The number of nitrogens with two attached hydrogens (primary N) is 1. The normalized spacial score (nSPS) is 16.7. The minimum atomic E-state index is -0.571. The van der Waals surface area contributed by atoms with Crippen molar-refractivity contribution in [3.63, 3.8) is 0 Å². The minimum absolute atomic E-state index is 0.0910. The van der Waals surface area contributed by atoms with Gasteiger partial charge in [-0.05, 0) is 17.7 Å². The highest BCUT2D eigenvalue weighted by Gasteiger charge is 2.26. The molecule has 1 aromatic heterocycles. The molecule has 3 rings (SSSR count). The third-order valence-corrected chi connectivity index (χ3v) is 4.75. The van der Waals surface area contributed by atoms with Gasteiger partial charge in [-0.15, -0.1) is 11.8 Å². The van der Waals surface area contributed by atoms with Crippen molar-refractivity contribution < 1.29 is 19.1 Å². The molecule has 126 valence electrons. The van der Waals surface area contributed by atoms with Gasteiger partial charge in [-0.3, -0.25) is 14.7 Å². The Hall–Kier alpha value is -2.68. The maximum absolute atomic E-state index is 11.8. The number of primary amides is 1. The van der Waals surface area contributed by atoms with Gasteiger partial charge in [-0.25, -0.2) is 0 Å². The van der Waals surface area contributed by atoms with Crippen LogP contribution in [-0.4, -0.2) is 41.5 Å². The second-order valence-corrected chi connectivity index (χ2v) is 6.20.